The lowest BCUT2D eigenvalue weighted by atomic mass is 9.87. The summed E-state index contributed by atoms with van der Waals surface area (Å²) in [6.07, 6.45) is 1.92. The Morgan fingerprint density at radius 3 is 2.70 bits per heavy atom. The fraction of sp³-hybridized carbons (Fsp3) is 0.435. The zero-order valence-corrected chi connectivity index (χ0v) is 18.8. The largest absolute Gasteiger partial charge is 0.417 e. The van der Waals surface area contributed by atoms with Gasteiger partial charge in [-0.25, -0.2) is 0 Å². The molecule has 33 heavy (non-hydrogen) atoms. The zero-order chi connectivity index (χ0) is 24.1. The quantitative estimate of drug-likeness (QED) is 0.666. The Morgan fingerprint density at radius 1 is 1.33 bits per heavy atom. The van der Waals surface area contributed by atoms with Gasteiger partial charge in [-0.3, -0.25) is 9.69 Å². The normalized spacial score (nSPS) is 26.8. The maximum absolute atomic E-state index is 13.5. The minimum Gasteiger partial charge on any atom is -0.394 e. The molecule has 1 amide bonds. The number of aliphatic hydroxyl groups excluding tert-OH is 1. The second kappa shape index (κ2) is 8.24. The number of aliphatic hydroxyl groups is 1. The third-order valence-electron chi connectivity index (χ3n) is 6.25. The Labute approximate surface area is 194 Å². The van der Waals surface area contributed by atoms with Crippen LogP contribution in [0.5, 0.6) is 0 Å². The summed E-state index contributed by atoms with van der Waals surface area (Å²) in [5.41, 5.74) is -2.17. The average Bonchev–Trinajstić information content (AvgIpc) is 2.95. The van der Waals surface area contributed by atoms with Gasteiger partial charge in [0.05, 0.1) is 41.7 Å². The van der Waals surface area contributed by atoms with E-state index < -0.39 is 28.7 Å². The molecule has 2 fully saturated rings. The van der Waals surface area contributed by atoms with E-state index >= 15 is 0 Å². The van der Waals surface area contributed by atoms with Crippen LogP contribution in [-0.2, 0) is 15.7 Å². The summed E-state index contributed by atoms with van der Waals surface area (Å²) in [6, 6.07) is 4.67. The maximum atomic E-state index is 13.5. The Hall–Kier alpha value is -2.74. The van der Waals surface area contributed by atoms with Crippen LogP contribution in [0.2, 0.25) is 0 Å². The molecule has 0 bridgehead atoms. The molecule has 0 aromatic heterocycles. The standard InChI is InChI=1S/C23H22F3N3O3S/c1-22(2)20(31)28(15-5-3-14(11-27)18(10-15)23(24,25)26)21(33)29(22)16-6-8-19-13(9-16)4-7-17(12-30)32-19/h3,5-6,8-10,13,17,19,30H,4,7,12H2,1-2H3. The SMILES string of the molecule is CC1(C)C(=O)N(c2ccc(C#N)c(C(F)(F)F)c2)C(=S)N1C1=CC2CCC(CO)OC2C=C1. The fourth-order valence-electron chi connectivity index (χ4n) is 4.51. The van der Waals surface area contributed by atoms with Gasteiger partial charge >= 0.3 is 6.18 Å². The van der Waals surface area contributed by atoms with Crippen molar-refractivity contribution in [3.05, 3.63) is 53.3 Å². The minimum absolute atomic E-state index is 0.0299. The molecule has 3 unspecified atom stereocenters. The summed E-state index contributed by atoms with van der Waals surface area (Å²) in [6.45, 7) is 3.27. The predicted molar refractivity (Wildman–Crippen MR) is 118 cm³/mol. The van der Waals surface area contributed by atoms with E-state index in [0.717, 1.165) is 23.5 Å². The first-order valence-corrected chi connectivity index (χ1v) is 10.9. The van der Waals surface area contributed by atoms with Gasteiger partial charge in [-0.2, -0.15) is 18.4 Å². The molecule has 1 N–H and O–H groups in total. The molecule has 10 heteroatoms. The summed E-state index contributed by atoms with van der Waals surface area (Å²) < 4.78 is 46.3. The highest BCUT2D eigenvalue weighted by Gasteiger charge is 2.51. The molecule has 4 rings (SSSR count). The van der Waals surface area contributed by atoms with Crippen molar-refractivity contribution in [3.63, 3.8) is 0 Å². The highest BCUT2D eigenvalue weighted by atomic mass is 32.1. The third kappa shape index (κ3) is 3.94. The highest BCUT2D eigenvalue weighted by Crippen LogP contribution is 2.41. The number of benzene rings is 1. The molecule has 0 radical (unpaired) electrons. The lowest BCUT2D eigenvalue weighted by molar-refractivity contribution is -0.137. The lowest BCUT2D eigenvalue weighted by Crippen LogP contribution is -2.44. The zero-order valence-electron chi connectivity index (χ0n) is 18.0. The second-order valence-electron chi connectivity index (χ2n) is 8.75. The van der Waals surface area contributed by atoms with Crippen molar-refractivity contribution in [2.24, 2.45) is 5.92 Å². The predicted octanol–water partition coefficient (Wildman–Crippen LogP) is 3.90. The number of alkyl halides is 3. The number of nitrogens with zero attached hydrogens (tertiary/aromatic N) is 3. The molecular formula is C23H22F3N3O3S. The number of hydrogen-bond donors (Lipinski definition) is 1. The Kier molecular flexibility index (Phi) is 5.85. The second-order valence-corrected chi connectivity index (χ2v) is 9.12. The molecule has 3 aliphatic rings. The topological polar surface area (TPSA) is 76.8 Å². The van der Waals surface area contributed by atoms with Crippen molar-refractivity contribution < 1.29 is 27.8 Å². The Balaban J connectivity index is 1.69. The van der Waals surface area contributed by atoms with Crippen LogP contribution >= 0.6 is 12.2 Å². The lowest BCUT2D eigenvalue weighted by Gasteiger charge is -2.38. The van der Waals surface area contributed by atoms with Gasteiger partial charge in [0.1, 0.15) is 5.54 Å². The fourth-order valence-corrected chi connectivity index (χ4v) is 5.03. The first-order chi connectivity index (χ1) is 15.5. The van der Waals surface area contributed by atoms with Crippen molar-refractivity contribution in [1.29, 1.82) is 5.26 Å². The van der Waals surface area contributed by atoms with Gasteiger partial charge in [0.25, 0.3) is 5.91 Å². The van der Waals surface area contributed by atoms with Crippen LogP contribution in [-0.4, -0.2) is 45.4 Å². The van der Waals surface area contributed by atoms with Gasteiger partial charge in [0, 0.05) is 11.6 Å². The van der Waals surface area contributed by atoms with E-state index in [1.807, 2.05) is 12.2 Å². The van der Waals surface area contributed by atoms with Gasteiger partial charge in [-0.05, 0) is 63.2 Å². The summed E-state index contributed by atoms with van der Waals surface area (Å²) in [5, 5.41) is 18.5. The summed E-state index contributed by atoms with van der Waals surface area (Å²) in [4.78, 5) is 16.0. The number of hydrogen-bond acceptors (Lipinski definition) is 5. The van der Waals surface area contributed by atoms with Gasteiger partial charge in [-0.1, -0.05) is 12.2 Å². The molecular weight excluding hydrogens is 455 g/mol. The van der Waals surface area contributed by atoms with Crippen LogP contribution in [0.3, 0.4) is 0 Å². The van der Waals surface area contributed by atoms with Crippen LogP contribution in [0.4, 0.5) is 18.9 Å². The molecule has 2 heterocycles. The number of carbonyl (C=O) groups excluding carboxylic acids is 1. The summed E-state index contributed by atoms with van der Waals surface area (Å²) in [5.74, 6) is -0.440. The molecule has 0 saturated carbocycles. The van der Waals surface area contributed by atoms with Crippen LogP contribution in [0.1, 0.15) is 37.8 Å². The van der Waals surface area contributed by atoms with Gasteiger partial charge in [-0.15, -0.1) is 0 Å². The Bertz CT molecular complexity index is 1110. The molecule has 3 atom stereocenters. The first-order valence-electron chi connectivity index (χ1n) is 10.5. The van der Waals surface area contributed by atoms with Crippen LogP contribution in [0.25, 0.3) is 0 Å². The van der Waals surface area contributed by atoms with Crippen LogP contribution in [0.15, 0.2) is 42.1 Å². The van der Waals surface area contributed by atoms with Crippen molar-refractivity contribution in [3.8, 4) is 6.07 Å². The van der Waals surface area contributed by atoms with E-state index in [1.165, 1.54) is 6.07 Å². The maximum Gasteiger partial charge on any atom is 0.417 e. The number of nitriles is 1. The molecule has 1 aromatic carbocycles. The minimum atomic E-state index is -4.75. The number of thiocarbonyl (C=S) groups is 1. The number of anilines is 1. The van der Waals surface area contributed by atoms with E-state index in [1.54, 1.807) is 30.9 Å². The monoisotopic (exact) mass is 477 g/mol. The van der Waals surface area contributed by atoms with E-state index in [9.17, 15) is 23.1 Å². The van der Waals surface area contributed by atoms with Crippen molar-refractivity contribution in [2.75, 3.05) is 11.5 Å². The first kappa shape index (κ1) is 23.4. The highest BCUT2D eigenvalue weighted by molar-refractivity contribution is 7.80. The molecule has 6 nitrogen and oxygen atoms in total. The van der Waals surface area contributed by atoms with Crippen molar-refractivity contribution in [1.82, 2.24) is 4.90 Å². The van der Waals surface area contributed by atoms with Crippen molar-refractivity contribution >= 4 is 28.9 Å². The smallest absolute Gasteiger partial charge is 0.394 e. The van der Waals surface area contributed by atoms with Gasteiger partial charge in [0.15, 0.2) is 5.11 Å². The number of fused-ring (bicyclic) bond motifs is 1. The van der Waals surface area contributed by atoms with Crippen LogP contribution < -0.4 is 4.90 Å². The summed E-state index contributed by atoms with van der Waals surface area (Å²) in [7, 11) is 0. The molecule has 2 aliphatic heterocycles. The van der Waals surface area contributed by atoms with Crippen molar-refractivity contribution in [2.45, 2.75) is 50.6 Å². The summed E-state index contributed by atoms with van der Waals surface area (Å²) >= 11 is 5.58. The number of allylic oxidation sites excluding steroid dienone is 1. The number of amides is 1. The number of carbonyl (C=O) groups is 1. The Morgan fingerprint density at radius 2 is 2.06 bits per heavy atom. The van der Waals surface area contributed by atoms with E-state index in [4.69, 9.17) is 22.2 Å². The third-order valence-corrected chi connectivity index (χ3v) is 6.62. The van der Waals surface area contributed by atoms with Gasteiger partial charge in [0.2, 0.25) is 0 Å². The number of rotatable bonds is 3. The molecule has 1 aromatic rings. The molecule has 0 spiro atoms. The molecule has 174 valence electrons. The van der Waals surface area contributed by atoms with Gasteiger partial charge < -0.3 is 14.7 Å². The molecule has 2 saturated heterocycles. The number of ether oxygens (including phenoxy) is 1. The van der Waals surface area contributed by atoms with Crippen LogP contribution in [0, 0.1) is 17.2 Å². The van der Waals surface area contributed by atoms with E-state index in [0.29, 0.717) is 12.1 Å². The van der Waals surface area contributed by atoms with E-state index in [2.05, 4.69) is 0 Å². The number of halogens is 3. The average molecular weight is 478 g/mol. The molecule has 1 aliphatic carbocycles. The van der Waals surface area contributed by atoms with E-state index in [-0.39, 0.29) is 35.5 Å².